The molecule has 0 amide bonds. The summed E-state index contributed by atoms with van der Waals surface area (Å²) in [4.78, 5) is 11.3. The Bertz CT molecular complexity index is 221. The molecular formula is C12H20O3. The van der Waals surface area contributed by atoms with Gasteiger partial charge in [0.2, 0.25) is 0 Å². The van der Waals surface area contributed by atoms with Crippen LogP contribution in [0.15, 0.2) is 0 Å². The summed E-state index contributed by atoms with van der Waals surface area (Å²) < 4.78 is 11.1. The second-order valence-electron chi connectivity index (χ2n) is 4.86. The number of Topliss-reactive ketones (excluding diaryl/α,β-unsaturated/α-hetero) is 1. The topological polar surface area (TPSA) is 35.5 Å². The molecule has 0 bridgehead atoms. The van der Waals surface area contributed by atoms with Crippen LogP contribution in [0.1, 0.15) is 32.6 Å². The van der Waals surface area contributed by atoms with Crippen LogP contribution in [0.3, 0.4) is 0 Å². The van der Waals surface area contributed by atoms with Gasteiger partial charge in [-0.05, 0) is 18.8 Å². The molecule has 3 heteroatoms. The second kappa shape index (κ2) is 5.08. The smallest absolute Gasteiger partial charge is 0.135 e. The van der Waals surface area contributed by atoms with Crippen LogP contribution in [-0.2, 0) is 14.3 Å². The molecule has 0 aromatic carbocycles. The van der Waals surface area contributed by atoms with E-state index in [0.29, 0.717) is 24.0 Å². The standard InChI is InChI=1S/C12H20O3/c1-9-2-3-11(13)6-12(9)15-8-10-4-5-14-7-10/h9-10,12H,2-8H2,1H3. The zero-order chi connectivity index (χ0) is 10.7. The van der Waals surface area contributed by atoms with Crippen LogP contribution in [0, 0.1) is 11.8 Å². The maximum Gasteiger partial charge on any atom is 0.135 e. The Morgan fingerprint density at radius 2 is 2.33 bits per heavy atom. The third-order valence-corrected chi connectivity index (χ3v) is 3.51. The highest BCUT2D eigenvalue weighted by atomic mass is 16.5. The SMILES string of the molecule is CC1CCC(=O)CC1OCC1CCOC1. The van der Waals surface area contributed by atoms with E-state index >= 15 is 0 Å². The maximum absolute atomic E-state index is 11.3. The molecule has 3 nitrogen and oxygen atoms in total. The van der Waals surface area contributed by atoms with E-state index in [1.54, 1.807) is 0 Å². The van der Waals surface area contributed by atoms with Crippen LogP contribution in [0.5, 0.6) is 0 Å². The van der Waals surface area contributed by atoms with Gasteiger partial charge in [0.25, 0.3) is 0 Å². The molecule has 2 fully saturated rings. The van der Waals surface area contributed by atoms with Gasteiger partial charge in [0.05, 0.1) is 19.3 Å². The number of ketones is 1. The molecule has 0 radical (unpaired) electrons. The van der Waals surface area contributed by atoms with E-state index in [-0.39, 0.29) is 6.10 Å². The van der Waals surface area contributed by atoms with Crippen molar-refractivity contribution in [1.82, 2.24) is 0 Å². The lowest BCUT2D eigenvalue weighted by Crippen LogP contribution is -2.31. The number of carbonyl (C=O) groups is 1. The third kappa shape index (κ3) is 3.02. The van der Waals surface area contributed by atoms with E-state index in [1.165, 1.54) is 0 Å². The average Bonchev–Trinajstić information content (AvgIpc) is 2.72. The fourth-order valence-electron chi connectivity index (χ4n) is 2.30. The van der Waals surface area contributed by atoms with Crippen molar-refractivity contribution in [2.75, 3.05) is 19.8 Å². The molecule has 1 heterocycles. The zero-order valence-corrected chi connectivity index (χ0v) is 9.41. The Morgan fingerprint density at radius 1 is 1.47 bits per heavy atom. The van der Waals surface area contributed by atoms with Crippen molar-refractivity contribution in [2.45, 2.75) is 38.7 Å². The molecule has 1 saturated heterocycles. The molecule has 0 aromatic heterocycles. The molecule has 86 valence electrons. The van der Waals surface area contributed by atoms with Crippen molar-refractivity contribution < 1.29 is 14.3 Å². The minimum absolute atomic E-state index is 0.159. The van der Waals surface area contributed by atoms with Gasteiger partial charge in [0.15, 0.2) is 0 Å². The molecule has 2 aliphatic rings. The van der Waals surface area contributed by atoms with Gasteiger partial charge < -0.3 is 9.47 Å². The Hall–Kier alpha value is -0.410. The fraction of sp³-hybridized carbons (Fsp3) is 0.917. The van der Waals surface area contributed by atoms with Crippen LogP contribution in [-0.4, -0.2) is 31.7 Å². The quantitative estimate of drug-likeness (QED) is 0.715. The lowest BCUT2D eigenvalue weighted by atomic mass is 9.87. The van der Waals surface area contributed by atoms with Crippen LogP contribution >= 0.6 is 0 Å². The molecule has 0 aromatic rings. The molecule has 1 saturated carbocycles. The highest BCUT2D eigenvalue weighted by Crippen LogP contribution is 2.25. The summed E-state index contributed by atoms with van der Waals surface area (Å²) >= 11 is 0. The van der Waals surface area contributed by atoms with Gasteiger partial charge in [0.1, 0.15) is 5.78 Å². The van der Waals surface area contributed by atoms with Gasteiger partial charge in [-0.3, -0.25) is 4.79 Å². The lowest BCUT2D eigenvalue weighted by Gasteiger charge is -2.28. The van der Waals surface area contributed by atoms with Crippen molar-refractivity contribution in [3.63, 3.8) is 0 Å². The molecule has 3 atom stereocenters. The van der Waals surface area contributed by atoms with Gasteiger partial charge >= 0.3 is 0 Å². The van der Waals surface area contributed by atoms with Gasteiger partial charge in [0, 0.05) is 25.4 Å². The molecule has 1 aliphatic heterocycles. The van der Waals surface area contributed by atoms with Crippen molar-refractivity contribution >= 4 is 5.78 Å². The van der Waals surface area contributed by atoms with E-state index < -0.39 is 0 Å². The third-order valence-electron chi connectivity index (χ3n) is 3.51. The Balaban J connectivity index is 1.74. The van der Waals surface area contributed by atoms with E-state index in [2.05, 4.69) is 6.92 Å². The summed E-state index contributed by atoms with van der Waals surface area (Å²) in [6, 6.07) is 0. The summed E-state index contributed by atoms with van der Waals surface area (Å²) in [5.74, 6) is 1.44. The van der Waals surface area contributed by atoms with E-state index in [9.17, 15) is 4.79 Å². The van der Waals surface area contributed by atoms with Crippen LogP contribution in [0.25, 0.3) is 0 Å². The first kappa shape index (κ1) is 11.1. The Morgan fingerprint density at radius 3 is 3.07 bits per heavy atom. The number of carbonyl (C=O) groups excluding carboxylic acids is 1. The minimum Gasteiger partial charge on any atom is -0.381 e. The summed E-state index contributed by atoms with van der Waals surface area (Å²) in [5.41, 5.74) is 0. The largest absolute Gasteiger partial charge is 0.381 e. The first-order valence-electron chi connectivity index (χ1n) is 5.96. The van der Waals surface area contributed by atoms with Crippen LogP contribution < -0.4 is 0 Å². The summed E-state index contributed by atoms with van der Waals surface area (Å²) in [7, 11) is 0. The molecule has 2 rings (SSSR count). The van der Waals surface area contributed by atoms with Crippen molar-refractivity contribution in [2.24, 2.45) is 11.8 Å². The van der Waals surface area contributed by atoms with Gasteiger partial charge in [-0.2, -0.15) is 0 Å². The number of hydrogen-bond acceptors (Lipinski definition) is 3. The predicted molar refractivity (Wildman–Crippen MR) is 56.7 cm³/mol. The number of hydrogen-bond donors (Lipinski definition) is 0. The summed E-state index contributed by atoms with van der Waals surface area (Å²) in [5, 5.41) is 0. The summed E-state index contributed by atoms with van der Waals surface area (Å²) in [6.45, 7) is 4.65. The monoisotopic (exact) mass is 212 g/mol. The molecule has 3 unspecified atom stereocenters. The van der Waals surface area contributed by atoms with E-state index in [1.807, 2.05) is 0 Å². The fourth-order valence-corrected chi connectivity index (χ4v) is 2.30. The molecule has 15 heavy (non-hydrogen) atoms. The first-order valence-corrected chi connectivity index (χ1v) is 5.96. The molecule has 0 N–H and O–H groups in total. The van der Waals surface area contributed by atoms with Gasteiger partial charge in [-0.15, -0.1) is 0 Å². The normalized spacial score (nSPS) is 37.1. The molecule has 1 aliphatic carbocycles. The first-order chi connectivity index (χ1) is 7.25. The van der Waals surface area contributed by atoms with Crippen molar-refractivity contribution in [1.29, 1.82) is 0 Å². The molecular weight excluding hydrogens is 192 g/mol. The number of rotatable bonds is 3. The van der Waals surface area contributed by atoms with E-state index in [4.69, 9.17) is 9.47 Å². The summed E-state index contributed by atoms with van der Waals surface area (Å²) in [6.07, 6.45) is 3.62. The van der Waals surface area contributed by atoms with Crippen molar-refractivity contribution in [3.05, 3.63) is 0 Å². The Labute approximate surface area is 91.1 Å². The highest BCUT2D eigenvalue weighted by molar-refractivity contribution is 5.79. The number of ether oxygens (including phenoxy) is 2. The highest BCUT2D eigenvalue weighted by Gasteiger charge is 2.28. The average molecular weight is 212 g/mol. The van der Waals surface area contributed by atoms with Crippen molar-refractivity contribution in [3.8, 4) is 0 Å². The van der Waals surface area contributed by atoms with Gasteiger partial charge in [-0.1, -0.05) is 6.92 Å². The van der Waals surface area contributed by atoms with Crippen LogP contribution in [0.4, 0.5) is 0 Å². The van der Waals surface area contributed by atoms with Gasteiger partial charge in [-0.25, -0.2) is 0 Å². The molecule has 0 spiro atoms. The minimum atomic E-state index is 0.159. The Kier molecular flexibility index (Phi) is 3.76. The predicted octanol–water partition coefficient (Wildman–Crippen LogP) is 1.80. The maximum atomic E-state index is 11.3. The van der Waals surface area contributed by atoms with Crippen LogP contribution in [0.2, 0.25) is 0 Å². The second-order valence-corrected chi connectivity index (χ2v) is 4.86. The van der Waals surface area contributed by atoms with E-state index in [0.717, 1.165) is 39.1 Å². The zero-order valence-electron chi connectivity index (χ0n) is 9.41. The lowest BCUT2D eigenvalue weighted by molar-refractivity contribution is -0.127.